The van der Waals surface area contributed by atoms with Crippen LogP contribution in [0.15, 0.2) is 64.4 Å². The van der Waals surface area contributed by atoms with Gasteiger partial charge in [-0.15, -0.1) is 0 Å². The van der Waals surface area contributed by atoms with Crippen LogP contribution in [0.5, 0.6) is 11.5 Å². The molecule has 0 radical (unpaired) electrons. The van der Waals surface area contributed by atoms with Crippen LogP contribution in [-0.4, -0.2) is 44.1 Å². The summed E-state index contributed by atoms with van der Waals surface area (Å²) in [6.45, 7) is 0.0560. The number of anilines is 1. The fraction of sp³-hybridized carbons (Fsp3) is 0.0870. The van der Waals surface area contributed by atoms with Gasteiger partial charge in [0.05, 0.1) is 16.8 Å². The third kappa shape index (κ3) is 5.26. The van der Waals surface area contributed by atoms with E-state index >= 15 is 0 Å². The van der Waals surface area contributed by atoms with Gasteiger partial charge in [-0.25, -0.2) is 0 Å². The van der Waals surface area contributed by atoms with Crippen LogP contribution in [0.25, 0.3) is 6.08 Å². The van der Waals surface area contributed by atoms with Crippen molar-refractivity contribution in [2.24, 2.45) is 0 Å². The van der Waals surface area contributed by atoms with Gasteiger partial charge in [-0.05, 0) is 53.7 Å². The highest BCUT2D eigenvalue weighted by Gasteiger charge is 2.32. The molecule has 1 aromatic carbocycles. The Hall–Kier alpha value is -3.70. The molecule has 3 heterocycles. The quantitative estimate of drug-likeness (QED) is 0.440. The Morgan fingerprint density at radius 2 is 2.09 bits per heavy atom. The molecule has 0 spiro atoms. The number of likely N-dealkylation sites (N-methyl/N-ethyl adjacent to an activating group) is 1. The third-order valence-electron chi connectivity index (χ3n) is 4.70. The summed E-state index contributed by atoms with van der Waals surface area (Å²) >= 11 is 4.19. The van der Waals surface area contributed by atoms with Crippen molar-refractivity contribution in [3.63, 3.8) is 0 Å². The largest absolute Gasteiger partial charge is 0.504 e. The number of benzene rings is 1. The van der Waals surface area contributed by atoms with E-state index in [0.29, 0.717) is 21.3 Å². The molecule has 3 amide bonds. The highest BCUT2D eigenvalue weighted by molar-refractivity contribution is 9.10. The molecule has 0 aliphatic carbocycles. The Bertz CT molecular complexity index is 1320. The molecule has 1 saturated heterocycles. The van der Waals surface area contributed by atoms with Gasteiger partial charge in [-0.2, -0.15) is 0 Å². The van der Waals surface area contributed by atoms with E-state index in [-0.39, 0.29) is 39.9 Å². The molecule has 1 aliphatic heterocycles. The van der Waals surface area contributed by atoms with Crippen LogP contribution in [0, 0.1) is 0 Å². The number of aromatic hydroxyl groups is 1. The zero-order valence-corrected chi connectivity index (χ0v) is 20.1. The minimum absolute atomic E-state index is 0.0560. The molecule has 9 nitrogen and oxygen atoms in total. The molecular formula is C23H17BrN4O5S. The Balaban J connectivity index is 1.48. The number of aromatic nitrogens is 2. The summed E-state index contributed by atoms with van der Waals surface area (Å²) < 4.78 is 6.29. The number of pyridine rings is 2. The van der Waals surface area contributed by atoms with Gasteiger partial charge in [-0.3, -0.25) is 29.3 Å². The summed E-state index contributed by atoms with van der Waals surface area (Å²) in [6, 6.07) is 9.74. The summed E-state index contributed by atoms with van der Waals surface area (Å²) in [5.74, 6) is -0.700. The normalized spacial score (nSPS) is 14.5. The first kappa shape index (κ1) is 23.5. The number of hydrogen-bond acceptors (Lipinski definition) is 8. The number of halogens is 1. The minimum atomic E-state index is -0.395. The summed E-state index contributed by atoms with van der Waals surface area (Å²) in [7, 11) is 1.42. The first-order chi connectivity index (χ1) is 16.3. The standard InChI is InChI=1S/C23H17BrN4O5S/c1-28-22(31)20(34-23(28)32)8-14-7-19(18(29)9-16(14)24)33-12-13-6-15(11-25-10-13)27-21(30)17-4-2-3-5-26-17/h2-11,29H,12H2,1H3,(H,27,30)/b20-8-. The van der Waals surface area contributed by atoms with E-state index in [1.165, 1.54) is 25.5 Å². The van der Waals surface area contributed by atoms with Gasteiger partial charge in [0.1, 0.15) is 12.3 Å². The SMILES string of the molecule is CN1C(=O)S/C(=C\c2cc(OCc3cncc(NC(=O)c4ccccn4)c3)c(O)cc2Br)C1=O. The van der Waals surface area contributed by atoms with E-state index in [1.54, 1.807) is 42.6 Å². The Kier molecular flexibility index (Phi) is 6.94. The smallest absolute Gasteiger partial charge is 0.293 e. The number of nitrogens with one attached hydrogen (secondary N) is 1. The number of imide groups is 1. The molecule has 1 aliphatic rings. The summed E-state index contributed by atoms with van der Waals surface area (Å²) in [6.07, 6.45) is 6.16. The molecule has 1 fully saturated rings. The van der Waals surface area contributed by atoms with E-state index in [9.17, 15) is 19.5 Å². The van der Waals surface area contributed by atoms with Crippen molar-refractivity contribution in [1.82, 2.24) is 14.9 Å². The molecule has 3 aromatic rings. The molecule has 0 atom stereocenters. The summed E-state index contributed by atoms with van der Waals surface area (Å²) in [4.78, 5) is 45.6. The number of hydrogen-bond donors (Lipinski definition) is 2. The molecular weight excluding hydrogens is 524 g/mol. The number of amides is 3. The minimum Gasteiger partial charge on any atom is -0.504 e. The predicted octanol–water partition coefficient (Wildman–Crippen LogP) is 4.44. The molecule has 0 bridgehead atoms. The molecule has 0 unspecified atom stereocenters. The van der Waals surface area contributed by atoms with Gasteiger partial charge in [-0.1, -0.05) is 22.0 Å². The van der Waals surface area contributed by atoms with Gasteiger partial charge >= 0.3 is 0 Å². The van der Waals surface area contributed by atoms with Crippen LogP contribution < -0.4 is 10.1 Å². The molecule has 4 rings (SSSR count). The fourth-order valence-corrected chi connectivity index (χ4v) is 4.22. The van der Waals surface area contributed by atoms with Gasteiger partial charge < -0.3 is 15.2 Å². The maximum Gasteiger partial charge on any atom is 0.293 e. The zero-order valence-electron chi connectivity index (χ0n) is 17.7. The van der Waals surface area contributed by atoms with Crippen LogP contribution in [0.1, 0.15) is 21.6 Å². The van der Waals surface area contributed by atoms with Gasteiger partial charge in [0.15, 0.2) is 11.5 Å². The highest BCUT2D eigenvalue weighted by atomic mass is 79.9. The highest BCUT2D eigenvalue weighted by Crippen LogP contribution is 2.37. The topological polar surface area (TPSA) is 122 Å². The molecule has 0 saturated carbocycles. The maximum atomic E-state index is 12.3. The number of thioether (sulfide) groups is 1. The second-order valence-electron chi connectivity index (χ2n) is 7.12. The van der Waals surface area contributed by atoms with E-state index in [0.717, 1.165) is 16.7 Å². The van der Waals surface area contributed by atoms with Crippen LogP contribution in [-0.2, 0) is 11.4 Å². The van der Waals surface area contributed by atoms with Gasteiger partial charge in [0.25, 0.3) is 17.1 Å². The molecule has 11 heteroatoms. The van der Waals surface area contributed by atoms with Crippen molar-refractivity contribution in [3.8, 4) is 11.5 Å². The lowest BCUT2D eigenvalue weighted by Crippen LogP contribution is -2.22. The first-order valence-corrected chi connectivity index (χ1v) is 11.5. The van der Waals surface area contributed by atoms with Crippen LogP contribution >= 0.6 is 27.7 Å². The molecule has 172 valence electrons. The maximum absolute atomic E-state index is 12.3. The van der Waals surface area contributed by atoms with Crippen LogP contribution in [0.2, 0.25) is 0 Å². The average molecular weight is 541 g/mol. The number of rotatable bonds is 6. The predicted molar refractivity (Wildman–Crippen MR) is 130 cm³/mol. The van der Waals surface area contributed by atoms with Crippen molar-refractivity contribution in [2.45, 2.75) is 6.61 Å². The Morgan fingerprint density at radius 1 is 1.26 bits per heavy atom. The van der Waals surface area contributed by atoms with E-state index in [1.807, 2.05) is 0 Å². The lowest BCUT2D eigenvalue weighted by molar-refractivity contribution is -0.121. The van der Waals surface area contributed by atoms with Crippen molar-refractivity contribution in [3.05, 3.63) is 81.2 Å². The summed E-state index contributed by atoms with van der Waals surface area (Å²) in [5.41, 5.74) is 1.95. The second-order valence-corrected chi connectivity index (χ2v) is 8.97. The van der Waals surface area contributed by atoms with Crippen molar-refractivity contribution in [2.75, 3.05) is 12.4 Å². The lowest BCUT2D eigenvalue weighted by Gasteiger charge is -2.11. The van der Waals surface area contributed by atoms with Crippen molar-refractivity contribution >= 4 is 56.5 Å². The van der Waals surface area contributed by atoms with Crippen LogP contribution in [0.3, 0.4) is 0 Å². The number of phenols is 1. The van der Waals surface area contributed by atoms with Crippen molar-refractivity contribution < 1.29 is 24.2 Å². The number of carbonyl (C=O) groups excluding carboxylic acids is 3. The number of nitrogens with zero attached hydrogens (tertiary/aromatic N) is 3. The number of carbonyl (C=O) groups is 3. The fourth-order valence-electron chi connectivity index (χ4n) is 2.96. The van der Waals surface area contributed by atoms with Gasteiger partial charge in [0.2, 0.25) is 0 Å². The first-order valence-electron chi connectivity index (χ1n) is 9.85. The van der Waals surface area contributed by atoms with E-state index in [2.05, 4.69) is 31.2 Å². The Labute approximate surface area is 207 Å². The molecule has 34 heavy (non-hydrogen) atoms. The molecule has 2 N–H and O–H groups in total. The summed E-state index contributed by atoms with van der Waals surface area (Å²) in [5, 5.41) is 12.7. The zero-order chi connectivity index (χ0) is 24.2. The number of ether oxygens (including phenoxy) is 1. The van der Waals surface area contributed by atoms with Crippen molar-refractivity contribution in [1.29, 1.82) is 0 Å². The molecule has 2 aromatic heterocycles. The van der Waals surface area contributed by atoms with Crippen LogP contribution in [0.4, 0.5) is 10.5 Å². The number of phenolic OH excluding ortho intramolecular Hbond substituents is 1. The second kappa shape index (κ2) is 10.1. The average Bonchev–Trinajstić information content (AvgIpc) is 3.07. The monoisotopic (exact) mass is 540 g/mol. The Morgan fingerprint density at radius 3 is 2.79 bits per heavy atom. The van der Waals surface area contributed by atoms with E-state index < -0.39 is 5.91 Å². The van der Waals surface area contributed by atoms with E-state index in [4.69, 9.17) is 4.74 Å². The third-order valence-corrected chi connectivity index (χ3v) is 6.34. The van der Waals surface area contributed by atoms with Gasteiger partial charge in [0, 0.05) is 29.5 Å². The lowest BCUT2D eigenvalue weighted by atomic mass is 10.2.